The molecule has 0 heterocycles. The highest BCUT2D eigenvalue weighted by Crippen LogP contribution is 2.24. The molecule has 0 unspecified atom stereocenters. The molecule has 3 amide bonds. The second kappa shape index (κ2) is 7.85. The quantitative estimate of drug-likeness (QED) is 0.788. The number of nitrogens with zero attached hydrogens (tertiary/aromatic N) is 3. The van der Waals surface area contributed by atoms with Gasteiger partial charge in [0.15, 0.2) is 0 Å². The van der Waals surface area contributed by atoms with Crippen LogP contribution in [0.15, 0.2) is 0 Å². The van der Waals surface area contributed by atoms with Gasteiger partial charge in [0, 0.05) is 26.7 Å². The summed E-state index contributed by atoms with van der Waals surface area (Å²) >= 11 is 0. The number of likely N-dealkylation sites (N-methyl/N-ethyl adjacent to an activating group) is 2. The third-order valence-corrected chi connectivity index (χ3v) is 3.79. The van der Waals surface area contributed by atoms with Crippen molar-refractivity contribution in [1.82, 2.24) is 14.7 Å². The summed E-state index contributed by atoms with van der Waals surface area (Å²) < 4.78 is 0. The minimum absolute atomic E-state index is 0.0226. The van der Waals surface area contributed by atoms with Gasteiger partial charge in [-0.05, 0) is 19.8 Å². The van der Waals surface area contributed by atoms with E-state index in [9.17, 15) is 14.4 Å². The van der Waals surface area contributed by atoms with Crippen LogP contribution in [0.25, 0.3) is 0 Å². The summed E-state index contributed by atoms with van der Waals surface area (Å²) in [6.07, 6.45) is 3.68. The Hall–Kier alpha value is -1.79. The number of carbonyl (C=O) groups is 3. The molecule has 0 aromatic carbocycles. The highest BCUT2D eigenvalue weighted by Gasteiger charge is 2.31. The van der Waals surface area contributed by atoms with Crippen LogP contribution in [0.2, 0.25) is 0 Å². The smallest absolute Gasteiger partial charge is 0.323 e. The van der Waals surface area contributed by atoms with Crippen LogP contribution in [0.1, 0.15) is 32.6 Å². The molecule has 0 aliphatic heterocycles. The second-order valence-electron chi connectivity index (χ2n) is 5.54. The number of aliphatic carboxylic acids is 1. The van der Waals surface area contributed by atoms with Crippen molar-refractivity contribution in [3.05, 3.63) is 0 Å². The first-order valence-corrected chi connectivity index (χ1v) is 7.34. The Morgan fingerprint density at radius 1 is 1.10 bits per heavy atom. The van der Waals surface area contributed by atoms with E-state index >= 15 is 0 Å². The van der Waals surface area contributed by atoms with Crippen molar-refractivity contribution in [2.24, 2.45) is 0 Å². The Bertz CT molecular complexity index is 392. The molecule has 0 bridgehead atoms. The Morgan fingerprint density at radius 2 is 1.67 bits per heavy atom. The molecular formula is C14H25N3O4. The van der Waals surface area contributed by atoms with Gasteiger partial charge in [-0.15, -0.1) is 0 Å². The Labute approximate surface area is 125 Å². The number of hydrogen-bond donors (Lipinski definition) is 1. The largest absolute Gasteiger partial charge is 0.480 e. The van der Waals surface area contributed by atoms with Crippen molar-refractivity contribution in [1.29, 1.82) is 0 Å². The monoisotopic (exact) mass is 299 g/mol. The predicted molar refractivity (Wildman–Crippen MR) is 77.9 cm³/mol. The van der Waals surface area contributed by atoms with Crippen LogP contribution in [0.5, 0.6) is 0 Å². The van der Waals surface area contributed by atoms with Crippen LogP contribution < -0.4 is 0 Å². The summed E-state index contributed by atoms with van der Waals surface area (Å²) in [5, 5.41) is 9.03. The van der Waals surface area contributed by atoms with Crippen molar-refractivity contribution < 1.29 is 19.5 Å². The van der Waals surface area contributed by atoms with Gasteiger partial charge in [-0.25, -0.2) is 4.79 Å². The van der Waals surface area contributed by atoms with Gasteiger partial charge in [0.05, 0.1) is 0 Å². The van der Waals surface area contributed by atoms with E-state index in [1.165, 1.54) is 14.7 Å². The van der Waals surface area contributed by atoms with E-state index in [0.717, 1.165) is 25.7 Å². The van der Waals surface area contributed by atoms with Crippen molar-refractivity contribution in [2.45, 2.75) is 38.6 Å². The molecule has 1 aliphatic carbocycles. The van der Waals surface area contributed by atoms with Crippen molar-refractivity contribution in [3.8, 4) is 0 Å². The zero-order valence-corrected chi connectivity index (χ0v) is 13.0. The van der Waals surface area contributed by atoms with Gasteiger partial charge in [0.2, 0.25) is 5.91 Å². The number of carboxylic acids is 1. The first kappa shape index (κ1) is 17.3. The normalized spacial score (nSPS) is 14.8. The van der Waals surface area contributed by atoms with Crippen molar-refractivity contribution in [3.63, 3.8) is 0 Å². The molecule has 1 saturated carbocycles. The van der Waals surface area contributed by atoms with Gasteiger partial charge in [-0.1, -0.05) is 12.8 Å². The summed E-state index contributed by atoms with van der Waals surface area (Å²) in [5.74, 6) is -1.20. The zero-order valence-electron chi connectivity index (χ0n) is 13.0. The molecule has 0 radical (unpaired) electrons. The topological polar surface area (TPSA) is 81.2 Å². The summed E-state index contributed by atoms with van der Waals surface area (Å²) in [7, 11) is 3.26. The lowest BCUT2D eigenvalue weighted by Crippen LogP contribution is -2.51. The molecule has 0 aromatic heterocycles. The first-order valence-electron chi connectivity index (χ1n) is 7.34. The average molecular weight is 299 g/mol. The fraction of sp³-hybridized carbons (Fsp3) is 0.786. The Kier molecular flexibility index (Phi) is 6.45. The van der Waals surface area contributed by atoms with Crippen LogP contribution in [0, 0.1) is 0 Å². The van der Waals surface area contributed by atoms with E-state index in [2.05, 4.69) is 0 Å². The van der Waals surface area contributed by atoms with E-state index in [1.54, 1.807) is 21.0 Å². The Morgan fingerprint density at radius 3 is 2.10 bits per heavy atom. The SMILES string of the molecule is CCN(CC(=O)N(C)C)C(=O)N(CC(=O)O)C1CCCC1. The number of hydrogen-bond acceptors (Lipinski definition) is 3. The van der Waals surface area contributed by atoms with E-state index in [0.29, 0.717) is 6.54 Å². The van der Waals surface area contributed by atoms with Crippen LogP contribution in [-0.2, 0) is 9.59 Å². The first-order chi connectivity index (χ1) is 9.86. The van der Waals surface area contributed by atoms with E-state index in [4.69, 9.17) is 5.11 Å². The minimum Gasteiger partial charge on any atom is -0.480 e. The standard InChI is InChI=1S/C14H25N3O4/c1-4-16(9-12(18)15(2)3)14(21)17(10-13(19)20)11-7-5-6-8-11/h11H,4-10H2,1-3H3,(H,19,20). The second-order valence-corrected chi connectivity index (χ2v) is 5.54. The molecule has 1 aliphatic rings. The lowest BCUT2D eigenvalue weighted by atomic mass is 10.2. The molecule has 120 valence electrons. The van der Waals surface area contributed by atoms with Gasteiger partial charge >= 0.3 is 12.0 Å². The third kappa shape index (κ3) is 4.91. The van der Waals surface area contributed by atoms with Crippen LogP contribution in [0.4, 0.5) is 4.79 Å². The molecule has 0 saturated heterocycles. The molecule has 1 rings (SSSR count). The molecule has 0 spiro atoms. The van der Waals surface area contributed by atoms with Gasteiger partial charge in [-0.2, -0.15) is 0 Å². The van der Waals surface area contributed by atoms with Gasteiger partial charge in [-0.3, -0.25) is 9.59 Å². The Balaban J connectivity index is 2.80. The third-order valence-electron chi connectivity index (χ3n) is 3.79. The molecule has 21 heavy (non-hydrogen) atoms. The molecule has 0 atom stereocenters. The lowest BCUT2D eigenvalue weighted by molar-refractivity contribution is -0.138. The maximum absolute atomic E-state index is 12.6. The maximum atomic E-state index is 12.6. The van der Waals surface area contributed by atoms with Crippen molar-refractivity contribution >= 4 is 17.9 Å². The van der Waals surface area contributed by atoms with E-state index < -0.39 is 5.97 Å². The van der Waals surface area contributed by atoms with Crippen LogP contribution >= 0.6 is 0 Å². The molecule has 7 heteroatoms. The zero-order chi connectivity index (χ0) is 16.0. The number of urea groups is 1. The van der Waals surface area contributed by atoms with Gasteiger partial charge < -0.3 is 19.8 Å². The molecule has 1 fully saturated rings. The fourth-order valence-electron chi connectivity index (χ4n) is 2.52. The number of rotatable bonds is 6. The lowest BCUT2D eigenvalue weighted by Gasteiger charge is -2.33. The highest BCUT2D eigenvalue weighted by atomic mass is 16.4. The summed E-state index contributed by atoms with van der Waals surface area (Å²) in [4.78, 5) is 39.6. The van der Waals surface area contributed by atoms with Gasteiger partial charge in [0.25, 0.3) is 0 Å². The molecule has 0 aromatic rings. The predicted octanol–water partition coefficient (Wildman–Crippen LogP) is 0.846. The van der Waals surface area contributed by atoms with Crippen molar-refractivity contribution in [2.75, 3.05) is 33.7 Å². The number of carbonyl (C=O) groups excluding carboxylic acids is 2. The maximum Gasteiger partial charge on any atom is 0.323 e. The van der Waals surface area contributed by atoms with E-state index in [-0.39, 0.29) is 31.1 Å². The minimum atomic E-state index is -1.02. The van der Waals surface area contributed by atoms with Gasteiger partial charge in [0.1, 0.15) is 13.1 Å². The van der Waals surface area contributed by atoms with Crippen LogP contribution in [-0.4, -0.2) is 77.5 Å². The highest BCUT2D eigenvalue weighted by molar-refractivity contribution is 5.85. The number of carboxylic acid groups (broad SMARTS) is 1. The summed E-state index contributed by atoms with van der Waals surface area (Å²) in [5.41, 5.74) is 0. The molecule has 7 nitrogen and oxygen atoms in total. The molecule has 1 N–H and O–H groups in total. The summed E-state index contributed by atoms with van der Waals surface area (Å²) in [6.45, 7) is 1.83. The van der Waals surface area contributed by atoms with Crippen LogP contribution in [0.3, 0.4) is 0 Å². The fourth-order valence-corrected chi connectivity index (χ4v) is 2.52. The average Bonchev–Trinajstić information content (AvgIpc) is 2.94. The van der Waals surface area contributed by atoms with E-state index in [1.807, 2.05) is 0 Å². The molecular weight excluding hydrogens is 274 g/mol. The number of amides is 3. The summed E-state index contributed by atoms with van der Waals surface area (Å²) in [6, 6.07) is -0.390.